The van der Waals surface area contributed by atoms with Crippen LogP contribution in [0.1, 0.15) is 36.8 Å². The number of nitrogens with zero attached hydrogens (tertiary/aromatic N) is 6. The van der Waals surface area contributed by atoms with Crippen molar-refractivity contribution in [2.75, 3.05) is 0 Å². The molecule has 3 aromatic rings. The number of hydrogen-bond acceptors (Lipinski definition) is 4. The van der Waals surface area contributed by atoms with E-state index >= 15 is 0 Å². The minimum Gasteiger partial charge on any atom is -0.275 e. The largest absolute Gasteiger partial charge is 0.275 e. The van der Waals surface area contributed by atoms with Gasteiger partial charge in [0.05, 0.1) is 23.6 Å². The second-order valence-corrected chi connectivity index (χ2v) is 5.82. The van der Waals surface area contributed by atoms with Crippen LogP contribution in [0.3, 0.4) is 0 Å². The topological polar surface area (TPSA) is 61.4 Å². The van der Waals surface area contributed by atoms with E-state index in [1.165, 1.54) is 19.3 Å². The molecule has 0 aromatic carbocycles. The SMILES string of the molecule is Cn1cc(-c2ccnc(/C=C/c3ccnn3C3CCC3)n2)cn1. The monoisotopic (exact) mass is 306 g/mol. The Morgan fingerprint density at radius 2 is 2.04 bits per heavy atom. The molecule has 1 aliphatic rings. The summed E-state index contributed by atoms with van der Waals surface area (Å²) in [5, 5.41) is 8.61. The van der Waals surface area contributed by atoms with Crippen molar-refractivity contribution < 1.29 is 0 Å². The molecule has 3 heterocycles. The lowest BCUT2D eigenvalue weighted by Crippen LogP contribution is -2.19. The summed E-state index contributed by atoms with van der Waals surface area (Å²) in [7, 11) is 1.90. The van der Waals surface area contributed by atoms with Gasteiger partial charge in [-0.3, -0.25) is 9.36 Å². The van der Waals surface area contributed by atoms with Gasteiger partial charge in [0.1, 0.15) is 0 Å². The zero-order chi connectivity index (χ0) is 15.6. The van der Waals surface area contributed by atoms with Crippen LogP contribution >= 0.6 is 0 Å². The maximum absolute atomic E-state index is 4.58. The fourth-order valence-corrected chi connectivity index (χ4v) is 2.72. The third kappa shape index (κ3) is 2.79. The summed E-state index contributed by atoms with van der Waals surface area (Å²) < 4.78 is 3.87. The van der Waals surface area contributed by atoms with E-state index in [2.05, 4.69) is 24.8 Å². The Labute approximate surface area is 134 Å². The molecule has 0 aliphatic heterocycles. The Morgan fingerprint density at radius 3 is 2.78 bits per heavy atom. The van der Waals surface area contributed by atoms with Gasteiger partial charge < -0.3 is 0 Å². The van der Waals surface area contributed by atoms with Gasteiger partial charge in [-0.1, -0.05) is 0 Å². The lowest BCUT2D eigenvalue weighted by atomic mass is 9.93. The number of aryl methyl sites for hydroxylation is 1. The Hall–Kier alpha value is -2.76. The van der Waals surface area contributed by atoms with Crippen LogP contribution in [0.15, 0.2) is 36.9 Å². The second-order valence-electron chi connectivity index (χ2n) is 5.82. The summed E-state index contributed by atoms with van der Waals surface area (Å²) >= 11 is 0. The van der Waals surface area contributed by atoms with Crippen molar-refractivity contribution >= 4 is 12.2 Å². The minimum atomic E-state index is 0.548. The van der Waals surface area contributed by atoms with Crippen LogP contribution in [0.5, 0.6) is 0 Å². The first-order valence-electron chi connectivity index (χ1n) is 7.83. The molecular formula is C17H18N6. The van der Waals surface area contributed by atoms with Crippen LogP contribution in [0, 0.1) is 0 Å². The molecule has 0 bridgehead atoms. The summed E-state index contributed by atoms with van der Waals surface area (Å²) in [5.74, 6) is 0.688. The van der Waals surface area contributed by atoms with Gasteiger partial charge in [0, 0.05) is 31.2 Å². The normalized spacial score (nSPS) is 15.2. The van der Waals surface area contributed by atoms with E-state index in [0.717, 1.165) is 17.0 Å². The van der Waals surface area contributed by atoms with E-state index < -0.39 is 0 Å². The van der Waals surface area contributed by atoms with Crippen LogP contribution in [-0.4, -0.2) is 29.5 Å². The summed E-state index contributed by atoms with van der Waals surface area (Å²) in [4.78, 5) is 8.91. The van der Waals surface area contributed by atoms with E-state index in [9.17, 15) is 0 Å². The van der Waals surface area contributed by atoms with Crippen molar-refractivity contribution in [2.24, 2.45) is 7.05 Å². The van der Waals surface area contributed by atoms with Gasteiger partial charge in [0.2, 0.25) is 0 Å². The van der Waals surface area contributed by atoms with Crippen LogP contribution in [-0.2, 0) is 7.05 Å². The van der Waals surface area contributed by atoms with Crippen LogP contribution in [0.4, 0.5) is 0 Å². The highest BCUT2D eigenvalue weighted by atomic mass is 15.3. The predicted molar refractivity (Wildman–Crippen MR) is 88.3 cm³/mol. The average Bonchev–Trinajstić information content (AvgIpc) is 3.13. The van der Waals surface area contributed by atoms with Gasteiger partial charge in [-0.05, 0) is 43.5 Å². The molecule has 0 spiro atoms. The van der Waals surface area contributed by atoms with Crippen LogP contribution in [0.25, 0.3) is 23.4 Å². The maximum Gasteiger partial charge on any atom is 0.152 e. The molecule has 0 amide bonds. The lowest BCUT2D eigenvalue weighted by Gasteiger charge is -2.26. The standard InChI is InChI=1S/C17H18N6/c1-22-12-13(11-20-22)16-8-9-18-17(21-16)6-5-15-7-10-19-23(15)14-3-2-4-14/h5-12,14H,2-4H2,1H3/b6-5+. The summed E-state index contributed by atoms with van der Waals surface area (Å²) in [6.45, 7) is 0. The van der Waals surface area contributed by atoms with Gasteiger partial charge in [0.25, 0.3) is 0 Å². The van der Waals surface area contributed by atoms with Crippen molar-refractivity contribution in [1.82, 2.24) is 29.5 Å². The van der Waals surface area contributed by atoms with Crippen LogP contribution < -0.4 is 0 Å². The molecule has 6 heteroatoms. The van der Waals surface area contributed by atoms with E-state index in [1.54, 1.807) is 10.9 Å². The fourth-order valence-electron chi connectivity index (χ4n) is 2.72. The molecule has 1 aliphatic carbocycles. The first-order valence-corrected chi connectivity index (χ1v) is 7.83. The molecule has 1 fully saturated rings. The molecule has 0 saturated heterocycles. The van der Waals surface area contributed by atoms with E-state index in [1.807, 2.05) is 49.9 Å². The minimum absolute atomic E-state index is 0.548. The van der Waals surface area contributed by atoms with Crippen molar-refractivity contribution in [2.45, 2.75) is 25.3 Å². The van der Waals surface area contributed by atoms with Crippen molar-refractivity contribution in [3.05, 3.63) is 48.4 Å². The fraction of sp³-hybridized carbons (Fsp3) is 0.294. The number of aromatic nitrogens is 6. The quantitative estimate of drug-likeness (QED) is 0.743. The van der Waals surface area contributed by atoms with E-state index in [4.69, 9.17) is 0 Å². The Kier molecular flexibility index (Phi) is 3.49. The molecule has 6 nitrogen and oxygen atoms in total. The molecule has 0 radical (unpaired) electrons. The van der Waals surface area contributed by atoms with Crippen molar-refractivity contribution in [3.8, 4) is 11.3 Å². The van der Waals surface area contributed by atoms with Crippen molar-refractivity contribution in [3.63, 3.8) is 0 Å². The first kappa shape index (κ1) is 13.9. The molecule has 4 rings (SSSR count). The second kappa shape index (κ2) is 5.79. The molecule has 0 atom stereocenters. The third-order valence-electron chi connectivity index (χ3n) is 4.20. The molecule has 116 valence electrons. The highest BCUT2D eigenvalue weighted by molar-refractivity contribution is 5.66. The predicted octanol–water partition coefficient (Wildman–Crippen LogP) is 2.97. The van der Waals surface area contributed by atoms with Gasteiger partial charge in [0.15, 0.2) is 5.82 Å². The third-order valence-corrected chi connectivity index (χ3v) is 4.20. The van der Waals surface area contributed by atoms with Gasteiger partial charge in [-0.2, -0.15) is 10.2 Å². The Balaban J connectivity index is 1.58. The van der Waals surface area contributed by atoms with Gasteiger partial charge in [-0.25, -0.2) is 9.97 Å². The van der Waals surface area contributed by atoms with Crippen molar-refractivity contribution in [1.29, 1.82) is 0 Å². The Morgan fingerprint density at radius 1 is 1.13 bits per heavy atom. The van der Waals surface area contributed by atoms with E-state index in [-0.39, 0.29) is 0 Å². The first-order chi connectivity index (χ1) is 11.3. The zero-order valence-corrected chi connectivity index (χ0v) is 13.0. The highest BCUT2D eigenvalue weighted by Crippen LogP contribution is 2.32. The summed E-state index contributed by atoms with van der Waals surface area (Å²) in [6.07, 6.45) is 15.1. The highest BCUT2D eigenvalue weighted by Gasteiger charge is 2.21. The average molecular weight is 306 g/mol. The molecular weight excluding hydrogens is 288 g/mol. The number of hydrogen-bond donors (Lipinski definition) is 0. The molecule has 0 unspecified atom stereocenters. The summed E-state index contributed by atoms with van der Waals surface area (Å²) in [6, 6.07) is 4.47. The molecule has 0 N–H and O–H groups in total. The molecule has 23 heavy (non-hydrogen) atoms. The van der Waals surface area contributed by atoms with Gasteiger partial charge >= 0.3 is 0 Å². The Bertz CT molecular complexity index is 840. The zero-order valence-electron chi connectivity index (χ0n) is 13.0. The van der Waals surface area contributed by atoms with Crippen LogP contribution in [0.2, 0.25) is 0 Å². The number of rotatable bonds is 4. The van der Waals surface area contributed by atoms with Gasteiger partial charge in [-0.15, -0.1) is 0 Å². The summed E-state index contributed by atoms with van der Waals surface area (Å²) in [5.41, 5.74) is 2.97. The molecule has 3 aromatic heterocycles. The smallest absolute Gasteiger partial charge is 0.152 e. The van der Waals surface area contributed by atoms with E-state index in [0.29, 0.717) is 11.9 Å². The molecule has 1 saturated carbocycles. The lowest BCUT2D eigenvalue weighted by molar-refractivity contribution is 0.288. The maximum atomic E-state index is 4.58.